The minimum atomic E-state index is 0. The van der Waals surface area contributed by atoms with Crippen molar-refractivity contribution in [3.63, 3.8) is 0 Å². The Labute approximate surface area is 224 Å². The predicted octanol–water partition coefficient (Wildman–Crippen LogP) is 6.61. The van der Waals surface area contributed by atoms with E-state index in [2.05, 4.69) is 41.2 Å². The monoisotopic (exact) mass is 536 g/mol. The molecule has 0 bridgehead atoms. The van der Waals surface area contributed by atoms with Crippen LogP contribution in [0.5, 0.6) is 0 Å². The minimum absolute atomic E-state index is 0. The third-order valence-corrected chi connectivity index (χ3v) is 4.51. The average Bonchev–Trinajstić information content (AvgIpc) is 3.40. The number of rotatable bonds is 5. The zero-order valence-corrected chi connectivity index (χ0v) is 22.7. The van der Waals surface area contributed by atoms with Gasteiger partial charge in [-0.2, -0.15) is 42.5 Å². The molecule has 0 saturated heterocycles. The number of nitrogens with zero attached hydrogens (tertiary/aromatic N) is 2. The van der Waals surface area contributed by atoms with E-state index in [-0.39, 0.29) is 26.2 Å². The molecule has 0 fully saturated rings. The van der Waals surface area contributed by atoms with Gasteiger partial charge in [-0.05, 0) is 24.3 Å². The van der Waals surface area contributed by atoms with Gasteiger partial charge in [0.15, 0.2) is 0 Å². The summed E-state index contributed by atoms with van der Waals surface area (Å²) in [5.74, 6) is 1.22. The Hall–Kier alpha value is -1.42. The third-order valence-electron chi connectivity index (χ3n) is 3.92. The molecule has 0 atom stereocenters. The largest absolute Gasteiger partial charge is 4.00 e. The number of benzene rings is 1. The molecule has 2 nitrogen and oxygen atoms in total. The smallest absolute Gasteiger partial charge is 0.787 e. The summed E-state index contributed by atoms with van der Waals surface area (Å²) >= 11 is 9.51. The molecule has 5 heteroatoms. The summed E-state index contributed by atoms with van der Waals surface area (Å²) in [5.41, 5.74) is 3.36. The van der Waals surface area contributed by atoms with Crippen LogP contribution < -0.4 is 0 Å². The van der Waals surface area contributed by atoms with Crippen LogP contribution in [-0.2, 0) is 63.0 Å². The van der Waals surface area contributed by atoms with Crippen LogP contribution >= 0.6 is 0 Å². The molecular formula is C27H30N2S2Zr. The van der Waals surface area contributed by atoms with E-state index < -0.39 is 0 Å². The van der Waals surface area contributed by atoms with E-state index in [9.17, 15) is 0 Å². The van der Waals surface area contributed by atoms with Crippen molar-refractivity contribution >= 4 is 25.3 Å². The van der Waals surface area contributed by atoms with Crippen molar-refractivity contribution in [3.8, 4) is 0 Å². The van der Waals surface area contributed by atoms with Gasteiger partial charge < -0.3 is 25.3 Å². The third kappa shape index (κ3) is 17.2. The second kappa shape index (κ2) is 22.8. The van der Waals surface area contributed by atoms with Gasteiger partial charge in [0, 0.05) is 23.8 Å². The first-order valence-electron chi connectivity index (χ1n) is 10.4. The zero-order valence-electron chi connectivity index (χ0n) is 18.6. The van der Waals surface area contributed by atoms with Crippen molar-refractivity contribution < 1.29 is 26.2 Å². The van der Waals surface area contributed by atoms with E-state index >= 15 is 0 Å². The number of unbranched alkanes of at least 4 members (excludes halogenated alkanes) is 1. The second-order valence-corrected chi connectivity index (χ2v) is 7.00. The number of hydrogen-bond donors (Lipinski definition) is 0. The summed E-state index contributed by atoms with van der Waals surface area (Å²) in [6.45, 7) is 2.22. The predicted molar refractivity (Wildman–Crippen MR) is 136 cm³/mol. The SMILES string of the molecule is CCCCC1=[C-]CC=C1.[S-]Cc1ccccn1.[S-]Cc1ccccn1.[Zr+4].[c-]1ccccc1. The molecule has 1 aliphatic rings. The van der Waals surface area contributed by atoms with Crippen molar-refractivity contribution in [1.29, 1.82) is 0 Å². The molecule has 0 amide bonds. The molecule has 0 N–H and O–H groups in total. The maximum atomic E-state index is 4.76. The van der Waals surface area contributed by atoms with Gasteiger partial charge in [0.25, 0.3) is 0 Å². The quantitative estimate of drug-likeness (QED) is 0.270. The Morgan fingerprint density at radius 2 is 1.44 bits per heavy atom. The standard InChI is InChI=1S/C9H13.2C6H7NS.C6H5.Zr/c1-2-3-6-9-7-4-5-8-9;2*8-5-6-3-1-2-4-7-6;1-2-4-6-5-3-1;/h4,7H,2-3,5-6H2,1H3;2*1-4,8H,5H2;1-5H;/q-1;;;-1;+4/p-2. The van der Waals surface area contributed by atoms with Crippen molar-refractivity contribution in [2.24, 2.45) is 0 Å². The van der Waals surface area contributed by atoms with Crippen LogP contribution in [0, 0.1) is 12.1 Å². The Balaban J connectivity index is 0.000000400. The van der Waals surface area contributed by atoms with Gasteiger partial charge in [0.2, 0.25) is 0 Å². The molecule has 0 aliphatic heterocycles. The molecule has 164 valence electrons. The Morgan fingerprint density at radius 3 is 1.72 bits per heavy atom. The summed E-state index contributed by atoms with van der Waals surface area (Å²) in [7, 11) is 0. The zero-order chi connectivity index (χ0) is 22.4. The topological polar surface area (TPSA) is 25.8 Å². The van der Waals surface area contributed by atoms with Crippen molar-refractivity contribution in [1.82, 2.24) is 9.97 Å². The molecule has 0 spiro atoms. The molecular weight excluding hydrogens is 508 g/mol. The summed E-state index contributed by atoms with van der Waals surface area (Å²) in [5, 5.41) is 0. The van der Waals surface area contributed by atoms with Gasteiger partial charge in [0.1, 0.15) is 0 Å². The molecule has 0 saturated carbocycles. The second-order valence-electron chi connectivity index (χ2n) is 6.42. The first-order valence-corrected chi connectivity index (χ1v) is 11.6. The molecule has 0 unspecified atom stereocenters. The molecule has 32 heavy (non-hydrogen) atoms. The fourth-order valence-corrected chi connectivity index (χ4v) is 2.64. The molecule has 2 aromatic heterocycles. The fraction of sp³-hybridized carbons (Fsp3) is 0.259. The Bertz CT molecular complexity index is 760. The van der Waals surface area contributed by atoms with Crippen molar-refractivity contribution in [2.75, 3.05) is 0 Å². The molecule has 4 rings (SSSR count). The number of hydrogen-bond acceptors (Lipinski definition) is 4. The van der Waals surface area contributed by atoms with Crippen LogP contribution in [0.15, 0.2) is 96.8 Å². The van der Waals surface area contributed by atoms with E-state index in [4.69, 9.17) is 25.3 Å². The van der Waals surface area contributed by atoms with Crippen LogP contribution in [0.2, 0.25) is 0 Å². The van der Waals surface area contributed by atoms with Gasteiger partial charge in [-0.15, -0.1) is 17.9 Å². The van der Waals surface area contributed by atoms with Crippen LogP contribution in [-0.4, -0.2) is 9.97 Å². The molecule has 1 aromatic carbocycles. The number of pyridine rings is 2. The minimum Gasteiger partial charge on any atom is -0.787 e. The molecule has 2 heterocycles. The number of aromatic nitrogens is 2. The maximum absolute atomic E-state index is 4.76. The van der Waals surface area contributed by atoms with E-state index in [1.54, 1.807) is 12.4 Å². The molecule has 0 radical (unpaired) electrons. The number of allylic oxidation sites excluding steroid dienone is 4. The summed E-state index contributed by atoms with van der Waals surface area (Å²) in [4.78, 5) is 7.99. The van der Waals surface area contributed by atoms with Gasteiger partial charge in [-0.1, -0.05) is 38.3 Å². The molecule has 1 aliphatic carbocycles. The van der Waals surface area contributed by atoms with E-state index in [0.29, 0.717) is 11.5 Å². The summed E-state index contributed by atoms with van der Waals surface area (Å²) in [6.07, 6.45) is 16.0. The first kappa shape index (κ1) is 30.6. The van der Waals surface area contributed by atoms with Crippen molar-refractivity contribution in [3.05, 3.63) is 120 Å². The van der Waals surface area contributed by atoms with Crippen molar-refractivity contribution in [2.45, 2.75) is 44.1 Å². The normalized spacial score (nSPS) is 10.7. The van der Waals surface area contributed by atoms with Crippen LogP contribution in [0.3, 0.4) is 0 Å². The van der Waals surface area contributed by atoms with E-state index in [1.807, 2.05) is 66.7 Å². The average molecular weight is 538 g/mol. The molecule has 3 aromatic rings. The van der Waals surface area contributed by atoms with Gasteiger partial charge >= 0.3 is 26.2 Å². The van der Waals surface area contributed by atoms with Gasteiger partial charge in [-0.25, -0.2) is 11.6 Å². The first-order chi connectivity index (χ1) is 15.3. The van der Waals surface area contributed by atoms with Crippen LogP contribution in [0.25, 0.3) is 0 Å². The maximum Gasteiger partial charge on any atom is 4.00 e. The Kier molecular flexibility index (Phi) is 21.8. The Morgan fingerprint density at radius 1 is 0.844 bits per heavy atom. The van der Waals surface area contributed by atoms with Gasteiger partial charge in [-0.3, -0.25) is 16.0 Å². The van der Waals surface area contributed by atoms with Crippen LogP contribution in [0.1, 0.15) is 44.0 Å². The van der Waals surface area contributed by atoms with E-state index in [0.717, 1.165) is 17.8 Å². The van der Waals surface area contributed by atoms with Crippen LogP contribution in [0.4, 0.5) is 0 Å². The summed E-state index contributed by atoms with van der Waals surface area (Å²) < 4.78 is 0. The van der Waals surface area contributed by atoms with Gasteiger partial charge in [0.05, 0.1) is 0 Å². The fourth-order valence-electron chi connectivity index (χ4n) is 2.30. The summed E-state index contributed by atoms with van der Waals surface area (Å²) in [6, 6.07) is 24.0. The van der Waals surface area contributed by atoms with E-state index in [1.165, 1.54) is 24.8 Å².